The van der Waals surface area contributed by atoms with E-state index in [1.54, 1.807) is 23.1 Å². The lowest BCUT2D eigenvalue weighted by Gasteiger charge is -2.22. The average Bonchev–Trinajstić information content (AvgIpc) is 3.15. The summed E-state index contributed by atoms with van der Waals surface area (Å²) < 4.78 is 10.8. The molecule has 1 aromatic carbocycles. The third-order valence-corrected chi connectivity index (χ3v) is 4.93. The van der Waals surface area contributed by atoms with Crippen molar-refractivity contribution in [1.29, 1.82) is 0 Å². The summed E-state index contributed by atoms with van der Waals surface area (Å²) in [7, 11) is 1.33. The molecule has 2 saturated heterocycles. The van der Waals surface area contributed by atoms with Gasteiger partial charge in [-0.3, -0.25) is 9.59 Å². The Hall–Kier alpha value is -1.85. The van der Waals surface area contributed by atoms with E-state index in [0.29, 0.717) is 17.3 Å². The van der Waals surface area contributed by atoms with E-state index in [4.69, 9.17) is 21.1 Å². The minimum Gasteiger partial charge on any atom is -0.469 e. The molecule has 2 fully saturated rings. The molecule has 0 saturated carbocycles. The first-order valence-electron chi connectivity index (χ1n) is 7.08. The Morgan fingerprint density at radius 2 is 2.32 bits per heavy atom. The van der Waals surface area contributed by atoms with Crippen LogP contribution in [0.1, 0.15) is 0 Å². The average molecular weight is 320 g/mol. The van der Waals surface area contributed by atoms with Crippen molar-refractivity contribution in [3.05, 3.63) is 41.4 Å². The van der Waals surface area contributed by atoms with Crippen molar-refractivity contribution in [3.8, 4) is 0 Å². The number of hydrogen-bond acceptors (Lipinski definition) is 4. The molecule has 1 spiro atoms. The molecule has 4 rings (SSSR count). The number of carbonyl (C=O) groups excluding carboxylic acids is 2. The number of nitrogens with zero attached hydrogens (tertiary/aromatic N) is 1. The zero-order valence-electron chi connectivity index (χ0n) is 11.9. The van der Waals surface area contributed by atoms with Gasteiger partial charge in [0.2, 0.25) is 5.91 Å². The molecule has 0 radical (unpaired) electrons. The summed E-state index contributed by atoms with van der Waals surface area (Å²) in [5, 5.41) is 0.560. The topological polar surface area (TPSA) is 55.8 Å². The second-order valence-electron chi connectivity index (χ2n) is 5.83. The highest BCUT2D eigenvalue weighted by Gasteiger charge is 2.67. The van der Waals surface area contributed by atoms with E-state index in [-0.39, 0.29) is 12.0 Å². The lowest BCUT2D eigenvalue weighted by atomic mass is 9.77. The largest absolute Gasteiger partial charge is 0.469 e. The number of esters is 1. The minimum absolute atomic E-state index is 0.121. The second-order valence-corrected chi connectivity index (χ2v) is 6.26. The number of anilines is 1. The van der Waals surface area contributed by atoms with Crippen molar-refractivity contribution < 1.29 is 19.1 Å². The molecule has 4 atom stereocenters. The molecule has 6 heteroatoms. The number of methoxy groups -OCH3 is 1. The summed E-state index contributed by atoms with van der Waals surface area (Å²) in [4.78, 5) is 26.6. The Bertz CT molecular complexity index is 703. The summed E-state index contributed by atoms with van der Waals surface area (Å²) >= 11 is 6.01. The number of ether oxygens (including phenoxy) is 2. The fourth-order valence-electron chi connectivity index (χ4n) is 3.77. The van der Waals surface area contributed by atoms with E-state index in [0.717, 1.165) is 0 Å². The first-order chi connectivity index (χ1) is 10.6. The van der Waals surface area contributed by atoms with Crippen LogP contribution in [-0.2, 0) is 19.1 Å². The molecule has 0 aromatic heterocycles. The van der Waals surface area contributed by atoms with Crippen molar-refractivity contribution in [2.24, 2.45) is 11.8 Å². The van der Waals surface area contributed by atoms with Crippen LogP contribution in [0.5, 0.6) is 0 Å². The van der Waals surface area contributed by atoms with Crippen LogP contribution in [0.3, 0.4) is 0 Å². The van der Waals surface area contributed by atoms with Crippen molar-refractivity contribution in [1.82, 2.24) is 0 Å². The van der Waals surface area contributed by atoms with Gasteiger partial charge < -0.3 is 14.4 Å². The molecule has 0 N–H and O–H groups in total. The van der Waals surface area contributed by atoms with Crippen LogP contribution in [0, 0.1) is 11.8 Å². The quantitative estimate of drug-likeness (QED) is 0.616. The lowest BCUT2D eigenvalue weighted by Crippen LogP contribution is -2.39. The molecule has 0 unspecified atom stereocenters. The van der Waals surface area contributed by atoms with Gasteiger partial charge in [0, 0.05) is 10.7 Å². The van der Waals surface area contributed by atoms with Gasteiger partial charge in [0.15, 0.2) is 0 Å². The normalized spacial score (nSPS) is 35.1. The highest BCUT2D eigenvalue weighted by molar-refractivity contribution is 6.31. The number of benzene rings is 1. The molecule has 1 amide bonds. The zero-order valence-corrected chi connectivity index (χ0v) is 12.6. The van der Waals surface area contributed by atoms with Gasteiger partial charge in [0.1, 0.15) is 11.5 Å². The first kappa shape index (κ1) is 13.8. The van der Waals surface area contributed by atoms with Gasteiger partial charge in [0.25, 0.3) is 0 Å². The number of amides is 1. The van der Waals surface area contributed by atoms with E-state index < -0.39 is 23.4 Å². The van der Waals surface area contributed by atoms with E-state index in [9.17, 15) is 9.59 Å². The maximum absolute atomic E-state index is 12.9. The Labute approximate surface area is 132 Å². The van der Waals surface area contributed by atoms with E-state index in [2.05, 4.69) is 0 Å². The van der Waals surface area contributed by atoms with Crippen LogP contribution in [0.2, 0.25) is 5.02 Å². The van der Waals surface area contributed by atoms with E-state index in [1.807, 2.05) is 18.2 Å². The molecule has 3 heterocycles. The highest BCUT2D eigenvalue weighted by atomic mass is 35.5. The summed E-state index contributed by atoms with van der Waals surface area (Å²) in [5.41, 5.74) is -0.0199. The second kappa shape index (κ2) is 4.57. The Morgan fingerprint density at radius 1 is 1.50 bits per heavy atom. The van der Waals surface area contributed by atoms with Gasteiger partial charge in [-0.25, -0.2) is 0 Å². The van der Waals surface area contributed by atoms with Crippen molar-refractivity contribution in [3.63, 3.8) is 0 Å². The van der Waals surface area contributed by atoms with Crippen LogP contribution in [0.4, 0.5) is 5.69 Å². The number of halogens is 1. The molecule has 3 aliphatic heterocycles. The number of carbonyl (C=O) groups is 2. The number of rotatable bonds is 2. The van der Waals surface area contributed by atoms with Crippen molar-refractivity contribution >= 4 is 29.2 Å². The van der Waals surface area contributed by atoms with Crippen LogP contribution < -0.4 is 4.90 Å². The molecule has 114 valence electrons. The molecular formula is C16H14ClNO4. The highest BCUT2D eigenvalue weighted by Crippen LogP contribution is 2.52. The zero-order chi connectivity index (χ0) is 15.5. The van der Waals surface area contributed by atoms with Crippen molar-refractivity contribution in [2.75, 3.05) is 18.6 Å². The number of hydrogen-bond donors (Lipinski definition) is 0. The summed E-state index contributed by atoms with van der Waals surface area (Å²) in [6.45, 7) is 0.386. The smallest absolute Gasteiger partial charge is 0.312 e. The van der Waals surface area contributed by atoms with Crippen LogP contribution >= 0.6 is 11.6 Å². The Balaban J connectivity index is 1.73. The summed E-state index contributed by atoms with van der Waals surface area (Å²) in [6.07, 6.45) is 3.39. The number of fused-ring (bicyclic) bond motifs is 1. The van der Waals surface area contributed by atoms with Crippen LogP contribution in [-0.4, -0.2) is 37.2 Å². The fourth-order valence-corrected chi connectivity index (χ4v) is 3.95. The molecule has 0 aliphatic carbocycles. The molecule has 22 heavy (non-hydrogen) atoms. The van der Waals surface area contributed by atoms with Gasteiger partial charge in [-0.05, 0) is 18.2 Å². The van der Waals surface area contributed by atoms with Gasteiger partial charge in [-0.1, -0.05) is 29.8 Å². The molecular weight excluding hydrogens is 306 g/mol. The minimum atomic E-state index is -0.733. The molecule has 3 aliphatic rings. The van der Waals surface area contributed by atoms with Gasteiger partial charge in [-0.15, -0.1) is 0 Å². The SMILES string of the molecule is COC(=O)[C@H]1[C@H]2C(=O)N(c3cccc(Cl)c3)C[C@@]23C=C[C@H]1O3. The third-order valence-electron chi connectivity index (χ3n) is 4.69. The van der Waals surface area contributed by atoms with Crippen LogP contribution in [0.25, 0.3) is 0 Å². The predicted octanol–water partition coefficient (Wildman–Crippen LogP) is 1.80. The lowest BCUT2D eigenvalue weighted by molar-refractivity contribution is -0.149. The van der Waals surface area contributed by atoms with Crippen LogP contribution in [0.15, 0.2) is 36.4 Å². The molecule has 2 bridgehead atoms. The molecule has 1 aromatic rings. The predicted molar refractivity (Wildman–Crippen MR) is 79.5 cm³/mol. The Kier molecular flexibility index (Phi) is 2.86. The maximum atomic E-state index is 12.9. The van der Waals surface area contributed by atoms with Gasteiger partial charge >= 0.3 is 5.97 Å². The third kappa shape index (κ3) is 1.69. The Morgan fingerprint density at radius 3 is 3.05 bits per heavy atom. The first-order valence-corrected chi connectivity index (χ1v) is 7.45. The van der Waals surface area contributed by atoms with Gasteiger partial charge in [-0.2, -0.15) is 0 Å². The van der Waals surface area contributed by atoms with Gasteiger partial charge in [0.05, 0.1) is 25.7 Å². The monoisotopic (exact) mass is 319 g/mol. The molecule has 5 nitrogen and oxygen atoms in total. The van der Waals surface area contributed by atoms with Crippen molar-refractivity contribution in [2.45, 2.75) is 11.7 Å². The summed E-state index contributed by atoms with van der Waals surface area (Å²) in [6, 6.07) is 7.11. The maximum Gasteiger partial charge on any atom is 0.312 e. The fraction of sp³-hybridized carbons (Fsp3) is 0.375. The summed E-state index contributed by atoms with van der Waals surface area (Å²) in [5.74, 6) is -1.63. The van der Waals surface area contributed by atoms with E-state index in [1.165, 1.54) is 7.11 Å². The standard InChI is InChI=1S/C16H14ClNO4/c1-21-15(20)12-11-5-6-16(22-11)8-18(14(19)13(12)16)10-4-2-3-9(17)7-10/h2-7,11-13H,8H2,1H3/t11-,12-,13+,16+/m1/s1. The van der Waals surface area contributed by atoms with E-state index >= 15 is 0 Å².